The number of halogens is 2. The molecule has 0 bridgehead atoms. The lowest BCUT2D eigenvalue weighted by Gasteiger charge is -2.32. The maximum absolute atomic E-state index is 13.9. The molecule has 0 unspecified atom stereocenters. The number of amides is 1. The zero-order valence-corrected chi connectivity index (χ0v) is 13.6. The molecule has 1 aromatic carbocycles. The van der Waals surface area contributed by atoms with E-state index in [4.69, 9.17) is 11.6 Å². The number of aryl methyl sites for hydroxylation is 1. The molecule has 2 aromatic rings. The molecule has 5 nitrogen and oxygen atoms in total. The number of carbonyl (C=O) groups is 1. The second-order valence-electron chi connectivity index (χ2n) is 5.86. The third-order valence-electron chi connectivity index (χ3n) is 4.28. The molecule has 1 fully saturated rings. The molecule has 2 heterocycles. The Morgan fingerprint density at radius 1 is 1.48 bits per heavy atom. The molecular weight excluding hydrogens is 319 g/mol. The molecule has 23 heavy (non-hydrogen) atoms. The zero-order chi connectivity index (χ0) is 16.4. The normalized spacial score (nSPS) is 18.2. The van der Waals surface area contributed by atoms with E-state index in [0.29, 0.717) is 18.1 Å². The van der Waals surface area contributed by atoms with Crippen LogP contribution in [-0.2, 0) is 18.3 Å². The molecule has 122 valence electrons. The van der Waals surface area contributed by atoms with Crippen LogP contribution in [0.15, 0.2) is 24.5 Å². The van der Waals surface area contributed by atoms with E-state index in [9.17, 15) is 9.18 Å². The smallest absolute Gasteiger partial charge is 0.227 e. The van der Waals surface area contributed by atoms with Gasteiger partial charge in [-0.25, -0.2) is 4.39 Å². The predicted octanol–water partition coefficient (Wildman–Crippen LogP) is 2.56. The Morgan fingerprint density at radius 3 is 3.00 bits per heavy atom. The Balaban J connectivity index is 1.71. The molecule has 0 spiro atoms. The fourth-order valence-electron chi connectivity index (χ4n) is 3.04. The van der Waals surface area contributed by atoms with Gasteiger partial charge in [0.15, 0.2) is 0 Å². The van der Waals surface area contributed by atoms with E-state index in [-0.39, 0.29) is 23.8 Å². The van der Waals surface area contributed by atoms with Crippen LogP contribution in [0.2, 0.25) is 5.02 Å². The van der Waals surface area contributed by atoms with Crippen molar-refractivity contribution in [3.63, 3.8) is 0 Å². The minimum Gasteiger partial charge on any atom is -0.342 e. The van der Waals surface area contributed by atoms with Crippen LogP contribution in [0.1, 0.15) is 30.1 Å². The van der Waals surface area contributed by atoms with Crippen LogP contribution in [0, 0.1) is 5.82 Å². The number of hydrogen-bond acceptors (Lipinski definition) is 3. The summed E-state index contributed by atoms with van der Waals surface area (Å²) in [5, 5.41) is 8.33. The first-order chi connectivity index (χ1) is 11.1. The van der Waals surface area contributed by atoms with Crippen molar-refractivity contribution in [2.75, 3.05) is 13.1 Å². The first kappa shape index (κ1) is 15.9. The van der Waals surface area contributed by atoms with E-state index < -0.39 is 5.82 Å². The van der Waals surface area contributed by atoms with Crippen LogP contribution in [0.5, 0.6) is 0 Å². The van der Waals surface area contributed by atoms with Gasteiger partial charge in [0.25, 0.3) is 0 Å². The third kappa shape index (κ3) is 3.37. The van der Waals surface area contributed by atoms with Crippen molar-refractivity contribution in [2.45, 2.75) is 25.2 Å². The lowest BCUT2D eigenvalue weighted by molar-refractivity contribution is -0.131. The fraction of sp³-hybridized carbons (Fsp3) is 0.438. The number of benzene rings is 1. The second kappa shape index (κ2) is 6.66. The Morgan fingerprint density at radius 2 is 2.30 bits per heavy atom. The second-order valence-corrected chi connectivity index (χ2v) is 6.26. The number of carbonyl (C=O) groups excluding carboxylic acids is 1. The van der Waals surface area contributed by atoms with Gasteiger partial charge in [-0.2, -0.15) is 0 Å². The average molecular weight is 337 g/mol. The van der Waals surface area contributed by atoms with Gasteiger partial charge in [0.1, 0.15) is 18.0 Å². The summed E-state index contributed by atoms with van der Waals surface area (Å²) >= 11 is 6.01. The Hall–Kier alpha value is -1.95. The van der Waals surface area contributed by atoms with Gasteiger partial charge in [-0.05, 0) is 25.0 Å². The Bertz CT molecular complexity index is 698. The summed E-state index contributed by atoms with van der Waals surface area (Å²) in [7, 11) is 1.90. The van der Waals surface area contributed by atoms with Crippen molar-refractivity contribution in [3.8, 4) is 0 Å². The highest BCUT2D eigenvalue weighted by molar-refractivity contribution is 6.31. The zero-order valence-electron chi connectivity index (χ0n) is 12.9. The van der Waals surface area contributed by atoms with E-state index in [0.717, 1.165) is 18.7 Å². The highest BCUT2D eigenvalue weighted by Gasteiger charge is 2.28. The standard InChI is InChI=1S/C16H18ClFN4O/c1-21-10-19-20-16(21)11-4-3-7-22(9-11)15(23)8-12-13(17)5-2-6-14(12)18/h2,5-6,10-11H,3-4,7-9H2,1H3/t11-/m0/s1. The molecule has 0 aliphatic carbocycles. The van der Waals surface area contributed by atoms with Crippen LogP contribution in [-0.4, -0.2) is 38.7 Å². The summed E-state index contributed by atoms with van der Waals surface area (Å²) in [6, 6.07) is 4.47. The molecule has 7 heteroatoms. The van der Waals surface area contributed by atoms with Gasteiger partial charge in [0.2, 0.25) is 5.91 Å². The SMILES string of the molecule is Cn1cnnc1[C@H]1CCCN(C(=O)Cc2c(F)cccc2Cl)C1. The van der Waals surface area contributed by atoms with Gasteiger partial charge >= 0.3 is 0 Å². The van der Waals surface area contributed by atoms with Crippen LogP contribution in [0.4, 0.5) is 4.39 Å². The number of rotatable bonds is 3. The minimum absolute atomic E-state index is 0.0168. The number of hydrogen-bond donors (Lipinski definition) is 0. The Labute approximate surface area is 139 Å². The van der Waals surface area contributed by atoms with Crippen molar-refractivity contribution in [3.05, 3.63) is 46.8 Å². The lowest BCUT2D eigenvalue weighted by atomic mass is 9.96. The molecule has 0 saturated carbocycles. The number of aromatic nitrogens is 3. The first-order valence-electron chi connectivity index (χ1n) is 7.61. The lowest BCUT2D eigenvalue weighted by Crippen LogP contribution is -2.40. The van der Waals surface area contributed by atoms with E-state index in [1.165, 1.54) is 12.1 Å². The maximum atomic E-state index is 13.9. The van der Waals surface area contributed by atoms with Gasteiger partial charge in [-0.3, -0.25) is 4.79 Å². The molecule has 1 aromatic heterocycles. The fourth-order valence-corrected chi connectivity index (χ4v) is 3.27. The minimum atomic E-state index is -0.437. The topological polar surface area (TPSA) is 51.0 Å². The number of nitrogens with zero attached hydrogens (tertiary/aromatic N) is 4. The highest BCUT2D eigenvalue weighted by Crippen LogP contribution is 2.26. The monoisotopic (exact) mass is 336 g/mol. The van der Waals surface area contributed by atoms with Gasteiger partial charge in [-0.1, -0.05) is 17.7 Å². The molecule has 1 atom stereocenters. The van der Waals surface area contributed by atoms with Gasteiger partial charge in [0, 0.05) is 36.6 Å². The van der Waals surface area contributed by atoms with Crippen molar-refractivity contribution < 1.29 is 9.18 Å². The average Bonchev–Trinajstić information content (AvgIpc) is 2.97. The summed E-state index contributed by atoms with van der Waals surface area (Å²) in [6.07, 6.45) is 3.51. The van der Waals surface area contributed by atoms with E-state index in [1.54, 1.807) is 17.3 Å². The maximum Gasteiger partial charge on any atom is 0.227 e. The van der Waals surface area contributed by atoms with Crippen molar-refractivity contribution in [2.24, 2.45) is 7.05 Å². The van der Waals surface area contributed by atoms with Crippen LogP contribution in [0.25, 0.3) is 0 Å². The van der Waals surface area contributed by atoms with Crippen LogP contribution >= 0.6 is 11.6 Å². The van der Waals surface area contributed by atoms with Crippen molar-refractivity contribution in [1.29, 1.82) is 0 Å². The molecule has 1 aliphatic heterocycles. The van der Waals surface area contributed by atoms with Gasteiger partial charge in [0.05, 0.1) is 6.42 Å². The summed E-state index contributed by atoms with van der Waals surface area (Å²) in [6.45, 7) is 1.26. The predicted molar refractivity (Wildman–Crippen MR) is 84.7 cm³/mol. The largest absolute Gasteiger partial charge is 0.342 e. The molecular formula is C16H18ClFN4O. The molecule has 1 amide bonds. The molecule has 1 aliphatic rings. The quantitative estimate of drug-likeness (QED) is 0.865. The Kier molecular flexibility index (Phi) is 4.61. The highest BCUT2D eigenvalue weighted by atomic mass is 35.5. The van der Waals surface area contributed by atoms with Crippen molar-refractivity contribution in [1.82, 2.24) is 19.7 Å². The van der Waals surface area contributed by atoms with Gasteiger partial charge in [-0.15, -0.1) is 10.2 Å². The van der Waals surface area contributed by atoms with Crippen molar-refractivity contribution >= 4 is 17.5 Å². The molecule has 0 N–H and O–H groups in total. The molecule has 0 radical (unpaired) electrons. The van der Waals surface area contributed by atoms with E-state index in [1.807, 2.05) is 11.6 Å². The van der Waals surface area contributed by atoms with Crippen LogP contribution < -0.4 is 0 Å². The summed E-state index contributed by atoms with van der Waals surface area (Å²) < 4.78 is 15.7. The van der Waals surface area contributed by atoms with Crippen LogP contribution in [0.3, 0.4) is 0 Å². The third-order valence-corrected chi connectivity index (χ3v) is 4.63. The number of likely N-dealkylation sites (tertiary alicyclic amines) is 1. The summed E-state index contributed by atoms with van der Waals surface area (Å²) in [4.78, 5) is 14.3. The van der Waals surface area contributed by atoms with E-state index >= 15 is 0 Å². The van der Waals surface area contributed by atoms with Gasteiger partial charge < -0.3 is 9.47 Å². The number of piperidine rings is 1. The first-order valence-corrected chi connectivity index (χ1v) is 7.98. The van der Waals surface area contributed by atoms with E-state index in [2.05, 4.69) is 10.2 Å². The summed E-state index contributed by atoms with van der Waals surface area (Å²) in [5.74, 6) is 0.499. The summed E-state index contributed by atoms with van der Waals surface area (Å²) in [5.41, 5.74) is 0.264. The molecule has 1 saturated heterocycles. The molecule has 3 rings (SSSR count).